The number of hydrogen-bond donors (Lipinski definition) is 3. The Bertz CT molecular complexity index is 2270. The van der Waals surface area contributed by atoms with Crippen LogP contribution < -0.4 is 18.9 Å². The molecule has 3 aromatic rings. The Hall–Kier alpha value is -5.47. The number of ether oxygens (including phenoxy) is 5. The predicted molar refractivity (Wildman–Crippen MR) is 213 cm³/mol. The summed E-state index contributed by atoms with van der Waals surface area (Å²) in [6, 6.07) is 1.49. The van der Waals surface area contributed by atoms with E-state index in [9.17, 15) is 39.3 Å². The summed E-state index contributed by atoms with van der Waals surface area (Å²) in [5.41, 5.74) is 0.434. The molecule has 0 aliphatic heterocycles. The Balaban J connectivity index is 1.66. The monoisotopic (exact) mass is 850 g/mol. The first-order valence-corrected chi connectivity index (χ1v) is 18.8. The number of methoxy groups -OCH3 is 1. The predicted octanol–water partition coefficient (Wildman–Crippen LogP) is 7.88. The average molecular weight is 852 g/mol. The molecule has 0 saturated carbocycles. The molecule has 1 aliphatic rings. The van der Waals surface area contributed by atoms with Gasteiger partial charge in [0.05, 0.1) is 19.3 Å². The van der Waals surface area contributed by atoms with E-state index in [2.05, 4.69) is 15.9 Å². The fourth-order valence-corrected chi connectivity index (χ4v) is 7.13. The number of aromatic carboxylic acids is 1. The molecule has 0 heterocycles. The van der Waals surface area contributed by atoms with Gasteiger partial charge in [-0.15, -0.1) is 0 Å². The smallest absolute Gasteiger partial charge is 0.356 e. The number of carbonyl (C=O) groups is 5. The van der Waals surface area contributed by atoms with Crippen LogP contribution in [0, 0.1) is 61.3 Å². The third kappa shape index (κ3) is 8.19. The van der Waals surface area contributed by atoms with Crippen molar-refractivity contribution in [2.24, 2.45) is 5.92 Å². The summed E-state index contributed by atoms with van der Waals surface area (Å²) in [5.74, 6) is -4.96. The Labute approximate surface area is 339 Å². The Morgan fingerprint density at radius 3 is 1.88 bits per heavy atom. The molecule has 0 unspecified atom stereocenters. The molecule has 304 valence electrons. The lowest BCUT2D eigenvalue weighted by atomic mass is 9.87. The summed E-state index contributed by atoms with van der Waals surface area (Å²) >= 11 is 3.22. The number of carboxylic acids is 1. The van der Waals surface area contributed by atoms with Crippen LogP contribution in [0.2, 0.25) is 0 Å². The fraction of sp³-hybridized carbons (Fsp3) is 0.372. The van der Waals surface area contributed by atoms with Crippen molar-refractivity contribution in [2.75, 3.05) is 13.7 Å². The van der Waals surface area contributed by atoms with E-state index in [0.29, 0.717) is 45.7 Å². The van der Waals surface area contributed by atoms with Crippen LogP contribution in [0.5, 0.6) is 28.7 Å². The van der Waals surface area contributed by atoms with Crippen molar-refractivity contribution in [3.05, 3.63) is 95.2 Å². The van der Waals surface area contributed by atoms with Gasteiger partial charge in [0.1, 0.15) is 44.4 Å². The molecule has 4 rings (SSSR count). The van der Waals surface area contributed by atoms with Crippen LogP contribution in [0.1, 0.15) is 103 Å². The second-order valence-electron chi connectivity index (χ2n) is 14.5. The molecule has 0 amide bonds. The number of rotatable bonds is 12. The highest BCUT2D eigenvalue weighted by atomic mass is 79.9. The van der Waals surface area contributed by atoms with E-state index in [-0.39, 0.29) is 73.2 Å². The maximum Gasteiger partial charge on any atom is 0.356 e. The van der Waals surface area contributed by atoms with E-state index in [0.717, 1.165) is 12.2 Å². The number of benzene rings is 3. The molecule has 0 aromatic heterocycles. The third-order valence-electron chi connectivity index (χ3n) is 10.4. The van der Waals surface area contributed by atoms with Gasteiger partial charge in [-0.05, 0) is 147 Å². The second-order valence-corrected chi connectivity index (χ2v) is 15.3. The minimum absolute atomic E-state index is 0.00409. The molecular weight excluding hydrogens is 804 g/mol. The number of hydrogen-bond acceptors (Lipinski definition) is 12. The van der Waals surface area contributed by atoms with Crippen molar-refractivity contribution in [1.29, 1.82) is 0 Å². The van der Waals surface area contributed by atoms with Gasteiger partial charge in [-0.25, -0.2) is 19.2 Å². The number of allylic oxidation sites excluding steroid dienone is 2. The van der Waals surface area contributed by atoms with Crippen LogP contribution in [0.25, 0.3) is 0 Å². The number of carboxylic acid groups (broad SMARTS) is 1. The van der Waals surface area contributed by atoms with Gasteiger partial charge in [0.15, 0.2) is 11.5 Å². The lowest BCUT2D eigenvalue weighted by Gasteiger charge is -2.30. The number of esters is 3. The molecule has 1 atom stereocenters. The topological polar surface area (TPSA) is 192 Å². The standard InChI is InChI=1S/C43H47BrO13/c1-18(2)13-14-54-37-27(11)36(25(9)24(8)33(37)39(47)48)56-40(49)31-19(3)15-29(21(5)22(31)6)55-41(50)32-23(7)26(10)38(34(44)35(32)46)57-42(51)43(52)20(4)16-28(45)17-30(43)53-12/h15-18,46,52H,13-14H2,1-12H3,(H,47,48)/t43-/m1/s1. The second kappa shape index (κ2) is 16.9. The van der Waals surface area contributed by atoms with Gasteiger partial charge in [0.25, 0.3) is 0 Å². The molecule has 0 fully saturated rings. The summed E-state index contributed by atoms with van der Waals surface area (Å²) < 4.78 is 28.3. The molecule has 0 radical (unpaired) electrons. The number of aryl methyl sites for hydroxylation is 1. The van der Waals surface area contributed by atoms with Crippen molar-refractivity contribution in [1.82, 2.24) is 0 Å². The van der Waals surface area contributed by atoms with Crippen LogP contribution in [-0.2, 0) is 14.3 Å². The molecule has 57 heavy (non-hydrogen) atoms. The number of halogens is 1. The first-order chi connectivity index (χ1) is 26.5. The summed E-state index contributed by atoms with van der Waals surface area (Å²) in [4.78, 5) is 65.3. The van der Waals surface area contributed by atoms with Crippen molar-refractivity contribution in [3.63, 3.8) is 0 Å². The van der Waals surface area contributed by atoms with Gasteiger partial charge in [0.2, 0.25) is 5.60 Å². The first kappa shape index (κ1) is 44.2. The zero-order valence-corrected chi connectivity index (χ0v) is 35.6. The maximum absolute atomic E-state index is 13.9. The Morgan fingerprint density at radius 1 is 0.737 bits per heavy atom. The van der Waals surface area contributed by atoms with Crippen LogP contribution in [0.3, 0.4) is 0 Å². The molecular formula is C43H47BrO13. The Kier molecular flexibility index (Phi) is 13.2. The van der Waals surface area contributed by atoms with Crippen molar-refractivity contribution in [2.45, 2.75) is 88.2 Å². The summed E-state index contributed by atoms with van der Waals surface area (Å²) in [6.45, 7) is 18.6. The van der Waals surface area contributed by atoms with Gasteiger partial charge in [0, 0.05) is 11.6 Å². The lowest BCUT2D eigenvalue weighted by Crippen LogP contribution is -2.47. The van der Waals surface area contributed by atoms with Gasteiger partial charge < -0.3 is 39.0 Å². The van der Waals surface area contributed by atoms with Crippen molar-refractivity contribution in [3.8, 4) is 28.7 Å². The first-order valence-electron chi connectivity index (χ1n) is 18.0. The minimum Gasteiger partial charge on any atom is -0.506 e. The van der Waals surface area contributed by atoms with E-state index in [1.54, 1.807) is 41.5 Å². The van der Waals surface area contributed by atoms with Crippen molar-refractivity contribution < 1.29 is 63.0 Å². The summed E-state index contributed by atoms with van der Waals surface area (Å²) in [7, 11) is 1.19. The number of phenols is 1. The normalized spacial score (nSPS) is 15.2. The average Bonchev–Trinajstić information content (AvgIpc) is 3.13. The maximum atomic E-state index is 13.9. The van der Waals surface area contributed by atoms with E-state index in [1.165, 1.54) is 33.9 Å². The van der Waals surface area contributed by atoms with E-state index >= 15 is 0 Å². The van der Waals surface area contributed by atoms with Gasteiger partial charge in [-0.2, -0.15) is 0 Å². The number of phenolic OH excluding ortho intramolecular Hbond substituents is 1. The van der Waals surface area contributed by atoms with Crippen LogP contribution in [-0.4, -0.2) is 64.3 Å². The number of aromatic hydroxyl groups is 1. The summed E-state index contributed by atoms with van der Waals surface area (Å²) in [6.07, 6.45) is 2.72. The highest BCUT2D eigenvalue weighted by molar-refractivity contribution is 9.10. The highest BCUT2D eigenvalue weighted by Crippen LogP contribution is 2.44. The van der Waals surface area contributed by atoms with Gasteiger partial charge >= 0.3 is 23.9 Å². The fourth-order valence-electron chi connectivity index (χ4n) is 6.56. The molecule has 0 bridgehead atoms. The SMILES string of the molecule is COC1=CC(=O)C=C(C)[C@]1(O)C(=O)Oc1c(C)c(C)c(C(=O)Oc2cc(C)c(C(=O)Oc3c(C)c(C)c(C(=O)O)c(OCCC(C)C)c3C)c(C)c2C)c(O)c1Br. The molecule has 0 saturated heterocycles. The molecule has 1 aliphatic carbocycles. The Morgan fingerprint density at radius 2 is 1.30 bits per heavy atom. The number of ketones is 1. The summed E-state index contributed by atoms with van der Waals surface area (Å²) in [5, 5.41) is 32.6. The van der Waals surface area contributed by atoms with E-state index < -0.39 is 41.0 Å². The number of aliphatic hydroxyl groups is 1. The zero-order valence-electron chi connectivity index (χ0n) is 34.0. The quantitative estimate of drug-likeness (QED) is 0.118. The van der Waals surface area contributed by atoms with Crippen LogP contribution >= 0.6 is 15.9 Å². The van der Waals surface area contributed by atoms with Crippen LogP contribution in [0.4, 0.5) is 0 Å². The molecule has 13 nitrogen and oxygen atoms in total. The lowest BCUT2D eigenvalue weighted by molar-refractivity contribution is -0.151. The van der Waals surface area contributed by atoms with Crippen molar-refractivity contribution >= 4 is 45.6 Å². The molecule has 14 heteroatoms. The zero-order chi connectivity index (χ0) is 43.0. The van der Waals surface area contributed by atoms with Gasteiger partial charge in [-0.1, -0.05) is 13.8 Å². The molecule has 0 spiro atoms. The third-order valence-corrected chi connectivity index (χ3v) is 11.1. The van der Waals surface area contributed by atoms with E-state index in [1.807, 2.05) is 13.8 Å². The van der Waals surface area contributed by atoms with Gasteiger partial charge in [-0.3, -0.25) is 4.79 Å². The number of carbonyl (C=O) groups excluding carboxylic acids is 4. The largest absolute Gasteiger partial charge is 0.506 e. The van der Waals surface area contributed by atoms with E-state index in [4.69, 9.17) is 23.7 Å². The highest BCUT2D eigenvalue weighted by Gasteiger charge is 2.48. The molecule has 3 N–H and O–H groups in total. The molecule has 3 aromatic carbocycles. The minimum atomic E-state index is -2.44. The van der Waals surface area contributed by atoms with Crippen LogP contribution in [0.15, 0.2) is 34.0 Å².